The van der Waals surface area contributed by atoms with Crippen LogP contribution < -0.4 is 5.32 Å². The Morgan fingerprint density at radius 2 is 2.00 bits per heavy atom. The fourth-order valence-electron chi connectivity index (χ4n) is 0.922. The number of nitrogens with zero attached hydrogens (tertiary/aromatic N) is 3. The largest absolute Gasteiger partial charge is 0.326 e. The van der Waals surface area contributed by atoms with Crippen LogP contribution >= 0.6 is 0 Å². The fourth-order valence-corrected chi connectivity index (χ4v) is 0.922. The van der Waals surface area contributed by atoms with Crippen LogP contribution in [0.1, 0.15) is 0 Å². The average Bonchev–Trinajstić information content (AvgIpc) is 2.13. The van der Waals surface area contributed by atoms with Crippen LogP contribution in [-0.4, -0.2) is 12.5 Å². The van der Waals surface area contributed by atoms with Gasteiger partial charge in [-0.15, -0.1) is 0 Å². The molecule has 0 radical (unpaired) electrons. The predicted molar refractivity (Wildman–Crippen MR) is 49.0 cm³/mol. The minimum absolute atomic E-state index is 0.0226. The monoisotopic (exact) mass is 212 g/mol. The van der Waals surface area contributed by atoms with Gasteiger partial charge in [-0.05, 0) is 17.7 Å². The third-order valence-corrected chi connectivity index (χ3v) is 1.42. The number of anilines is 1. The van der Waals surface area contributed by atoms with Gasteiger partial charge in [-0.3, -0.25) is 4.79 Å². The van der Waals surface area contributed by atoms with Crippen LogP contribution in [0.15, 0.2) is 23.3 Å². The summed E-state index contributed by atoms with van der Waals surface area (Å²) in [6.07, 6.45) is 0. The molecule has 7 heteroatoms. The Balaban J connectivity index is 2.71. The van der Waals surface area contributed by atoms with Crippen LogP contribution in [0.4, 0.5) is 14.5 Å². The summed E-state index contributed by atoms with van der Waals surface area (Å²) in [5.41, 5.74) is 7.91. The van der Waals surface area contributed by atoms with Gasteiger partial charge in [0.1, 0.15) is 18.2 Å². The standard InChI is InChI=1S/C8H6F2N4O/c9-5-1-6(10)3-7(2-5)13-8(15)4-12-14-11/h1-3H,4H2,(H,13,15). The van der Waals surface area contributed by atoms with Crippen molar-refractivity contribution >= 4 is 11.6 Å². The maximum absolute atomic E-state index is 12.7. The predicted octanol–water partition coefficient (Wildman–Crippen LogP) is 2.21. The Kier molecular flexibility index (Phi) is 3.59. The molecule has 0 fully saturated rings. The van der Waals surface area contributed by atoms with Crippen LogP contribution in [0.5, 0.6) is 0 Å². The summed E-state index contributed by atoms with van der Waals surface area (Å²) in [5.74, 6) is -2.24. The number of nitrogens with one attached hydrogen (secondary N) is 1. The van der Waals surface area contributed by atoms with Gasteiger partial charge >= 0.3 is 0 Å². The van der Waals surface area contributed by atoms with Gasteiger partial charge in [0.05, 0.1) is 0 Å². The summed E-state index contributed by atoms with van der Waals surface area (Å²) in [7, 11) is 0. The second-order valence-electron chi connectivity index (χ2n) is 2.60. The smallest absolute Gasteiger partial charge is 0.230 e. The van der Waals surface area contributed by atoms with Crippen LogP contribution in [0, 0.1) is 11.6 Å². The van der Waals surface area contributed by atoms with E-state index in [1.54, 1.807) is 0 Å². The number of benzene rings is 1. The zero-order valence-corrected chi connectivity index (χ0v) is 7.44. The minimum Gasteiger partial charge on any atom is -0.326 e. The van der Waals surface area contributed by atoms with Crippen LogP contribution in [-0.2, 0) is 4.79 Å². The Morgan fingerprint density at radius 1 is 1.40 bits per heavy atom. The molecule has 1 N–H and O–H groups in total. The SMILES string of the molecule is [N-]=[N+]=NCC(=O)Nc1cc(F)cc(F)c1. The zero-order valence-electron chi connectivity index (χ0n) is 7.44. The van der Waals surface area contributed by atoms with Crippen molar-refractivity contribution in [2.45, 2.75) is 0 Å². The Bertz CT molecular complexity index is 408. The third kappa shape index (κ3) is 3.61. The zero-order chi connectivity index (χ0) is 11.3. The normalized spacial score (nSPS) is 9.20. The van der Waals surface area contributed by atoms with E-state index in [2.05, 4.69) is 15.3 Å². The van der Waals surface area contributed by atoms with E-state index < -0.39 is 24.1 Å². The van der Waals surface area contributed by atoms with Crippen LogP contribution in [0.2, 0.25) is 0 Å². The van der Waals surface area contributed by atoms with Crippen molar-refractivity contribution in [3.63, 3.8) is 0 Å². The van der Waals surface area contributed by atoms with Gasteiger partial charge in [-0.1, -0.05) is 5.11 Å². The van der Waals surface area contributed by atoms with E-state index in [4.69, 9.17) is 5.53 Å². The maximum Gasteiger partial charge on any atom is 0.230 e. The molecule has 78 valence electrons. The molecule has 0 aliphatic heterocycles. The molecule has 0 saturated heterocycles. The highest BCUT2D eigenvalue weighted by atomic mass is 19.1. The molecule has 0 aromatic heterocycles. The van der Waals surface area contributed by atoms with Crippen molar-refractivity contribution in [1.29, 1.82) is 0 Å². The molecule has 0 aliphatic carbocycles. The molecule has 1 aromatic rings. The Hall–Kier alpha value is -2.14. The van der Waals surface area contributed by atoms with Crippen molar-refractivity contribution in [3.8, 4) is 0 Å². The van der Waals surface area contributed by atoms with Gasteiger partial charge in [0, 0.05) is 16.7 Å². The highest BCUT2D eigenvalue weighted by molar-refractivity contribution is 5.92. The lowest BCUT2D eigenvalue weighted by atomic mass is 10.3. The lowest BCUT2D eigenvalue weighted by Crippen LogP contribution is -2.14. The summed E-state index contributed by atoms with van der Waals surface area (Å²) in [6.45, 7) is -0.422. The minimum atomic E-state index is -0.797. The first-order valence-electron chi connectivity index (χ1n) is 3.88. The van der Waals surface area contributed by atoms with Crippen LogP contribution in [0.3, 0.4) is 0 Å². The van der Waals surface area contributed by atoms with E-state index in [0.717, 1.165) is 12.1 Å². The van der Waals surface area contributed by atoms with Crippen molar-refractivity contribution < 1.29 is 13.6 Å². The summed E-state index contributed by atoms with van der Waals surface area (Å²) in [4.78, 5) is 13.3. The van der Waals surface area contributed by atoms with E-state index >= 15 is 0 Å². The quantitative estimate of drug-likeness (QED) is 0.465. The van der Waals surface area contributed by atoms with Gasteiger partial charge in [-0.2, -0.15) is 0 Å². The number of azide groups is 1. The van der Waals surface area contributed by atoms with Crippen molar-refractivity contribution in [3.05, 3.63) is 40.3 Å². The van der Waals surface area contributed by atoms with Gasteiger partial charge in [-0.25, -0.2) is 8.78 Å². The maximum atomic E-state index is 12.7. The van der Waals surface area contributed by atoms with Gasteiger partial charge in [0.25, 0.3) is 0 Å². The number of rotatable bonds is 3. The first-order valence-corrected chi connectivity index (χ1v) is 3.88. The summed E-state index contributed by atoms with van der Waals surface area (Å²) in [5, 5.41) is 5.17. The van der Waals surface area contributed by atoms with Gasteiger partial charge in [0.2, 0.25) is 5.91 Å². The molecular weight excluding hydrogens is 206 g/mol. The van der Waals surface area contributed by atoms with Crippen molar-refractivity contribution in [2.75, 3.05) is 11.9 Å². The van der Waals surface area contributed by atoms with Crippen molar-refractivity contribution in [1.82, 2.24) is 0 Å². The van der Waals surface area contributed by atoms with Crippen molar-refractivity contribution in [2.24, 2.45) is 5.11 Å². The number of hydrogen-bond donors (Lipinski definition) is 1. The second kappa shape index (κ2) is 4.92. The molecule has 1 rings (SSSR count). The first-order chi connectivity index (χ1) is 7.11. The highest BCUT2D eigenvalue weighted by Gasteiger charge is 2.03. The molecule has 0 aliphatic rings. The Labute approximate surface area is 83.3 Å². The van der Waals surface area contributed by atoms with E-state index in [1.165, 1.54) is 0 Å². The topological polar surface area (TPSA) is 77.9 Å². The molecule has 0 bridgehead atoms. The van der Waals surface area contributed by atoms with Gasteiger partial charge < -0.3 is 5.32 Å². The summed E-state index contributed by atoms with van der Waals surface area (Å²) < 4.78 is 25.3. The molecule has 0 atom stereocenters. The number of carbonyl (C=O) groups is 1. The fraction of sp³-hybridized carbons (Fsp3) is 0.125. The average molecular weight is 212 g/mol. The van der Waals surface area contributed by atoms with Crippen LogP contribution in [0.25, 0.3) is 10.4 Å². The molecular formula is C8H6F2N4O. The molecule has 1 amide bonds. The third-order valence-electron chi connectivity index (χ3n) is 1.42. The highest BCUT2D eigenvalue weighted by Crippen LogP contribution is 2.12. The molecule has 0 spiro atoms. The Morgan fingerprint density at radius 3 is 2.53 bits per heavy atom. The molecule has 0 saturated carbocycles. The van der Waals surface area contributed by atoms with E-state index in [-0.39, 0.29) is 5.69 Å². The number of halogens is 2. The second-order valence-corrected chi connectivity index (χ2v) is 2.60. The van der Waals surface area contributed by atoms with E-state index in [0.29, 0.717) is 6.07 Å². The van der Waals surface area contributed by atoms with Gasteiger partial charge in [0.15, 0.2) is 0 Å². The molecule has 0 heterocycles. The number of amides is 1. The summed E-state index contributed by atoms with van der Waals surface area (Å²) in [6, 6.07) is 2.59. The number of carbonyl (C=O) groups excluding carboxylic acids is 1. The van der Waals surface area contributed by atoms with E-state index in [9.17, 15) is 13.6 Å². The lowest BCUT2D eigenvalue weighted by Gasteiger charge is -2.02. The molecule has 1 aromatic carbocycles. The molecule has 5 nitrogen and oxygen atoms in total. The van der Waals surface area contributed by atoms with E-state index in [1.807, 2.05) is 0 Å². The number of hydrogen-bond acceptors (Lipinski definition) is 2. The lowest BCUT2D eigenvalue weighted by molar-refractivity contribution is -0.114. The molecule has 0 unspecified atom stereocenters. The first kappa shape index (κ1) is 10.9. The summed E-state index contributed by atoms with van der Waals surface area (Å²) >= 11 is 0. The molecule has 15 heavy (non-hydrogen) atoms.